The molecule has 0 saturated heterocycles. The number of aromatic nitrogens is 3. The van der Waals surface area contributed by atoms with E-state index in [9.17, 15) is 23.2 Å². The standard InChI is InChI=1S/C21H20F3N5O/c1-12(15-11-26-29(4)17(15)10-25)27-19(30)14-5-7-16-13(9-14)6-8-18(28-16)20(2,3)21(22,23)24/h5-9,11-12H,1-4H3,(H,27,30)/t12-/m1/s1. The van der Waals surface area contributed by atoms with Crippen molar-refractivity contribution < 1.29 is 18.0 Å². The van der Waals surface area contributed by atoms with Crippen LogP contribution in [0.4, 0.5) is 13.2 Å². The number of hydrogen-bond donors (Lipinski definition) is 1. The lowest BCUT2D eigenvalue weighted by molar-refractivity contribution is -0.181. The third-order valence-corrected chi connectivity index (χ3v) is 5.19. The van der Waals surface area contributed by atoms with Gasteiger partial charge in [-0.05, 0) is 45.0 Å². The minimum Gasteiger partial charge on any atom is -0.345 e. The molecule has 1 atom stereocenters. The van der Waals surface area contributed by atoms with E-state index in [0.717, 1.165) is 13.8 Å². The quantitative estimate of drug-likeness (QED) is 0.693. The van der Waals surface area contributed by atoms with E-state index in [-0.39, 0.29) is 11.6 Å². The van der Waals surface area contributed by atoms with Gasteiger partial charge in [0.1, 0.15) is 17.2 Å². The number of fused-ring (bicyclic) bond motifs is 1. The molecule has 0 radical (unpaired) electrons. The van der Waals surface area contributed by atoms with E-state index in [4.69, 9.17) is 0 Å². The Balaban J connectivity index is 1.86. The van der Waals surface area contributed by atoms with Crippen molar-refractivity contribution in [1.82, 2.24) is 20.1 Å². The van der Waals surface area contributed by atoms with Crippen LogP contribution >= 0.6 is 0 Å². The highest BCUT2D eigenvalue weighted by Gasteiger charge is 2.49. The Hall–Kier alpha value is -3.41. The Morgan fingerprint density at radius 3 is 2.57 bits per heavy atom. The van der Waals surface area contributed by atoms with Gasteiger partial charge in [-0.25, -0.2) is 0 Å². The molecule has 0 spiro atoms. The normalized spacial score (nSPS) is 13.1. The molecule has 1 aromatic carbocycles. The maximum atomic E-state index is 13.3. The van der Waals surface area contributed by atoms with Crippen molar-refractivity contribution in [3.8, 4) is 6.07 Å². The van der Waals surface area contributed by atoms with Crippen LogP contribution in [-0.2, 0) is 12.5 Å². The molecule has 0 bridgehead atoms. The fourth-order valence-electron chi connectivity index (χ4n) is 3.03. The van der Waals surface area contributed by atoms with Crippen LogP contribution in [0.3, 0.4) is 0 Å². The first-order chi connectivity index (χ1) is 14.0. The molecule has 1 amide bonds. The molecule has 0 saturated carbocycles. The number of carbonyl (C=O) groups is 1. The van der Waals surface area contributed by atoms with Gasteiger partial charge in [-0.3, -0.25) is 14.5 Å². The highest BCUT2D eigenvalue weighted by Crippen LogP contribution is 2.39. The molecule has 3 rings (SSSR count). The summed E-state index contributed by atoms with van der Waals surface area (Å²) in [7, 11) is 1.64. The molecule has 0 unspecified atom stereocenters. The van der Waals surface area contributed by atoms with Crippen molar-refractivity contribution in [2.75, 3.05) is 0 Å². The predicted octanol–water partition coefficient (Wildman–Crippen LogP) is 4.17. The monoisotopic (exact) mass is 415 g/mol. The molecule has 30 heavy (non-hydrogen) atoms. The zero-order chi connectivity index (χ0) is 22.3. The van der Waals surface area contributed by atoms with Gasteiger partial charge in [-0.1, -0.05) is 6.07 Å². The van der Waals surface area contributed by atoms with Gasteiger partial charge in [-0.15, -0.1) is 0 Å². The third-order valence-electron chi connectivity index (χ3n) is 5.19. The van der Waals surface area contributed by atoms with Crippen molar-refractivity contribution in [3.63, 3.8) is 0 Å². The zero-order valence-corrected chi connectivity index (χ0v) is 16.9. The molecule has 0 aliphatic rings. The zero-order valence-electron chi connectivity index (χ0n) is 16.9. The number of nitriles is 1. The fourth-order valence-corrected chi connectivity index (χ4v) is 3.03. The molecule has 9 heteroatoms. The summed E-state index contributed by atoms with van der Waals surface area (Å²) < 4.78 is 41.3. The molecule has 2 heterocycles. The summed E-state index contributed by atoms with van der Waals surface area (Å²) >= 11 is 0. The lowest BCUT2D eigenvalue weighted by Crippen LogP contribution is -2.37. The summed E-state index contributed by atoms with van der Waals surface area (Å²) in [5, 5.41) is 16.6. The molecule has 0 fully saturated rings. The van der Waals surface area contributed by atoms with E-state index >= 15 is 0 Å². The summed E-state index contributed by atoms with van der Waals surface area (Å²) in [5.74, 6) is -0.378. The van der Waals surface area contributed by atoms with Crippen LogP contribution in [0.2, 0.25) is 0 Å². The number of nitrogens with one attached hydrogen (secondary N) is 1. The maximum absolute atomic E-state index is 13.3. The second-order valence-corrected chi connectivity index (χ2v) is 7.61. The first-order valence-corrected chi connectivity index (χ1v) is 9.16. The van der Waals surface area contributed by atoms with Crippen LogP contribution in [0.15, 0.2) is 36.5 Å². The number of alkyl halides is 3. The molecule has 2 aromatic heterocycles. The molecule has 156 valence electrons. The van der Waals surface area contributed by atoms with Gasteiger partial charge >= 0.3 is 6.18 Å². The van der Waals surface area contributed by atoms with Crippen molar-refractivity contribution in [2.45, 2.75) is 38.4 Å². The molecular formula is C21H20F3N5O. The number of amides is 1. The molecule has 0 aliphatic heterocycles. The van der Waals surface area contributed by atoms with Crippen molar-refractivity contribution >= 4 is 16.8 Å². The van der Waals surface area contributed by atoms with Crippen LogP contribution in [-0.4, -0.2) is 26.8 Å². The number of pyridine rings is 1. The Kier molecular flexibility index (Phi) is 5.29. The highest BCUT2D eigenvalue weighted by atomic mass is 19.4. The smallest absolute Gasteiger partial charge is 0.345 e. The van der Waals surface area contributed by atoms with E-state index in [1.165, 1.54) is 35.1 Å². The van der Waals surface area contributed by atoms with Crippen LogP contribution < -0.4 is 5.32 Å². The largest absolute Gasteiger partial charge is 0.399 e. The topological polar surface area (TPSA) is 83.6 Å². The van der Waals surface area contributed by atoms with E-state index in [1.54, 1.807) is 20.0 Å². The number of hydrogen-bond acceptors (Lipinski definition) is 4. The van der Waals surface area contributed by atoms with E-state index < -0.39 is 17.6 Å². The Morgan fingerprint density at radius 1 is 1.23 bits per heavy atom. The van der Waals surface area contributed by atoms with E-state index in [0.29, 0.717) is 27.7 Å². The van der Waals surface area contributed by atoms with Gasteiger partial charge in [0, 0.05) is 23.6 Å². The average molecular weight is 415 g/mol. The Labute approximate surface area is 171 Å². The predicted molar refractivity (Wildman–Crippen MR) is 105 cm³/mol. The average Bonchev–Trinajstić information content (AvgIpc) is 3.06. The van der Waals surface area contributed by atoms with Crippen LogP contribution in [0.5, 0.6) is 0 Å². The highest BCUT2D eigenvalue weighted by molar-refractivity contribution is 5.98. The molecule has 3 aromatic rings. The Bertz CT molecular complexity index is 1160. The van der Waals surface area contributed by atoms with Crippen LogP contribution in [0, 0.1) is 11.3 Å². The minimum atomic E-state index is -4.43. The van der Waals surface area contributed by atoms with E-state index in [1.807, 2.05) is 0 Å². The summed E-state index contributed by atoms with van der Waals surface area (Å²) in [6.45, 7) is 3.90. The molecule has 0 aliphatic carbocycles. The van der Waals surface area contributed by atoms with Crippen molar-refractivity contribution in [1.29, 1.82) is 5.26 Å². The second-order valence-electron chi connectivity index (χ2n) is 7.61. The van der Waals surface area contributed by atoms with Crippen molar-refractivity contribution in [2.24, 2.45) is 7.05 Å². The lowest BCUT2D eigenvalue weighted by Gasteiger charge is -2.27. The molecular weight excluding hydrogens is 395 g/mol. The molecule has 6 nitrogen and oxygen atoms in total. The van der Waals surface area contributed by atoms with Crippen LogP contribution in [0.25, 0.3) is 10.9 Å². The number of aryl methyl sites for hydroxylation is 1. The summed E-state index contributed by atoms with van der Waals surface area (Å²) in [5.41, 5.74) is -0.529. The van der Waals surface area contributed by atoms with Gasteiger partial charge in [0.25, 0.3) is 5.91 Å². The first-order valence-electron chi connectivity index (χ1n) is 9.16. The number of rotatable bonds is 4. The lowest BCUT2D eigenvalue weighted by atomic mass is 9.87. The second kappa shape index (κ2) is 7.44. The maximum Gasteiger partial charge on any atom is 0.399 e. The third kappa shape index (κ3) is 3.73. The molecule has 1 N–H and O–H groups in total. The van der Waals surface area contributed by atoms with Crippen LogP contribution in [0.1, 0.15) is 54.1 Å². The van der Waals surface area contributed by atoms with Crippen molar-refractivity contribution in [3.05, 3.63) is 59.0 Å². The number of nitrogens with zero attached hydrogens (tertiary/aromatic N) is 4. The summed E-state index contributed by atoms with van der Waals surface area (Å²) in [6, 6.07) is 9.06. The summed E-state index contributed by atoms with van der Waals surface area (Å²) in [4.78, 5) is 16.8. The van der Waals surface area contributed by atoms with Gasteiger partial charge in [-0.2, -0.15) is 23.5 Å². The number of benzene rings is 1. The fraction of sp³-hybridized carbons (Fsp3) is 0.333. The minimum absolute atomic E-state index is 0.0889. The number of carbonyl (C=O) groups excluding carboxylic acids is 1. The van der Waals surface area contributed by atoms with Gasteiger partial charge in [0.05, 0.1) is 23.4 Å². The summed E-state index contributed by atoms with van der Waals surface area (Å²) in [6.07, 6.45) is -2.91. The van der Waals surface area contributed by atoms with E-state index in [2.05, 4.69) is 21.5 Å². The van der Waals surface area contributed by atoms with Gasteiger partial charge < -0.3 is 5.32 Å². The van der Waals surface area contributed by atoms with Gasteiger partial charge in [0.15, 0.2) is 0 Å². The Morgan fingerprint density at radius 2 is 1.93 bits per heavy atom. The number of halogens is 3. The first kappa shape index (κ1) is 21.3. The SMILES string of the molecule is C[C@@H](NC(=O)c1ccc2nc(C(C)(C)C(F)(F)F)ccc2c1)c1cnn(C)c1C#N. The van der Waals surface area contributed by atoms with Gasteiger partial charge in [0.2, 0.25) is 0 Å².